The van der Waals surface area contributed by atoms with Crippen molar-refractivity contribution in [3.63, 3.8) is 0 Å². The van der Waals surface area contributed by atoms with Crippen molar-refractivity contribution >= 4 is 43.7 Å². The lowest BCUT2D eigenvalue weighted by Crippen LogP contribution is -1.95. The first-order valence-corrected chi connectivity index (χ1v) is 17.2. The van der Waals surface area contributed by atoms with Gasteiger partial charge in [0.1, 0.15) is 11.2 Å². The van der Waals surface area contributed by atoms with Crippen molar-refractivity contribution in [2.75, 3.05) is 0 Å². The summed E-state index contributed by atoms with van der Waals surface area (Å²) < 4.78 is 6.09. The van der Waals surface area contributed by atoms with Crippen molar-refractivity contribution in [2.24, 2.45) is 0 Å². The Morgan fingerprint density at radius 1 is 0.294 bits per heavy atom. The van der Waals surface area contributed by atoms with Crippen LogP contribution in [-0.4, -0.2) is 9.97 Å². The molecule has 0 N–H and O–H groups in total. The lowest BCUT2D eigenvalue weighted by Gasteiger charge is -2.15. The zero-order chi connectivity index (χ0) is 33.7. The third-order valence-electron chi connectivity index (χ3n) is 9.89. The fourth-order valence-electron chi connectivity index (χ4n) is 7.33. The Balaban J connectivity index is 1.18. The molecule has 7 aromatic carbocycles. The van der Waals surface area contributed by atoms with E-state index in [0.717, 1.165) is 99.6 Å². The van der Waals surface area contributed by atoms with Gasteiger partial charge in [-0.05, 0) is 63.7 Å². The molecule has 238 valence electrons. The van der Waals surface area contributed by atoms with E-state index in [9.17, 15) is 0 Å². The molecule has 10 rings (SSSR count). The molecule has 0 atom stereocenters. The number of fused-ring (bicyclic) bond motifs is 6. The highest BCUT2D eigenvalue weighted by Gasteiger charge is 2.17. The van der Waals surface area contributed by atoms with E-state index in [1.165, 1.54) is 0 Å². The molecular weight excluding hydrogens is 621 g/mol. The first-order valence-electron chi connectivity index (χ1n) is 17.2. The Morgan fingerprint density at radius 2 is 0.745 bits per heavy atom. The number of rotatable bonds is 5. The van der Waals surface area contributed by atoms with Gasteiger partial charge in [0.25, 0.3) is 0 Å². The van der Waals surface area contributed by atoms with Gasteiger partial charge in [0.2, 0.25) is 0 Å². The number of para-hydroxylation sites is 1. The highest BCUT2D eigenvalue weighted by molar-refractivity contribution is 6.13. The second kappa shape index (κ2) is 11.9. The predicted molar refractivity (Wildman–Crippen MR) is 212 cm³/mol. The molecule has 0 radical (unpaired) electrons. The van der Waals surface area contributed by atoms with Crippen LogP contribution in [0.3, 0.4) is 0 Å². The summed E-state index contributed by atoms with van der Waals surface area (Å²) >= 11 is 0. The van der Waals surface area contributed by atoms with Crippen LogP contribution in [0.15, 0.2) is 186 Å². The van der Waals surface area contributed by atoms with Gasteiger partial charge < -0.3 is 4.42 Å². The molecule has 0 fully saturated rings. The molecule has 51 heavy (non-hydrogen) atoms. The van der Waals surface area contributed by atoms with Gasteiger partial charge in [0.15, 0.2) is 0 Å². The first-order chi connectivity index (χ1) is 25.3. The van der Waals surface area contributed by atoms with Gasteiger partial charge in [0.05, 0.1) is 22.4 Å². The Kier molecular flexibility index (Phi) is 6.81. The Morgan fingerprint density at radius 3 is 1.33 bits per heavy atom. The minimum absolute atomic E-state index is 0.889. The van der Waals surface area contributed by atoms with Crippen molar-refractivity contribution in [3.8, 4) is 55.9 Å². The maximum atomic E-state index is 6.09. The smallest absolute Gasteiger partial charge is 0.135 e. The summed E-state index contributed by atoms with van der Waals surface area (Å²) in [5.74, 6) is 0. The summed E-state index contributed by atoms with van der Waals surface area (Å²) in [5.41, 5.74) is 14.4. The van der Waals surface area contributed by atoms with Gasteiger partial charge in [0, 0.05) is 32.7 Å². The van der Waals surface area contributed by atoms with E-state index >= 15 is 0 Å². The minimum Gasteiger partial charge on any atom is -0.456 e. The molecule has 0 saturated heterocycles. The maximum Gasteiger partial charge on any atom is 0.135 e. The van der Waals surface area contributed by atoms with E-state index in [-0.39, 0.29) is 0 Å². The normalized spacial score (nSPS) is 11.5. The Labute approximate surface area is 295 Å². The summed E-state index contributed by atoms with van der Waals surface area (Å²) in [7, 11) is 0. The van der Waals surface area contributed by atoms with E-state index < -0.39 is 0 Å². The second-order valence-electron chi connectivity index (χ2n) is 13.0. The highest BCUT2D eigenvalue weighted by Crippen LogP contribution is 2.40. The third kappa shape index (κ3) is 5.06. The number of pyridine rings is 2. The summed E-state index contributed by atoms with van der Waals surface area (Å²) in [6.45, 7) is 0. The van der Waals surface area contributed by atoms with Crippen LogP contribution in [0, 0.1) is 0 Å². The zero-order valence-electron chi connectivity index (χ0n) is 27.6. The van der Waals surface area contributed by atoms with Crippen molar-refractivity contribution in [1.82, 2.24) is 9.97 Å². The van der Waals surface area contributed by atoms with E-state index in [4.69, 9.17) is 14.4 Å². The second-order valence-corrected chi connectivity index (χ2v) is 13.0. The van der Waals surface area contributed by atoms with Crippen LogP contribution in [0.2, 0.25) is 0 Å². The summed E-state index contributed by atoms with van der Waals surface area (Å²) in [5, 5.41) is 4.41. The molecule has 0 unspecified atom stereocenters. The van der Waals surface area contributed by atoms with Crippen molar-refractivity contribution < 1.29 is 4.42 Å². The molecule has 3 heterocycles. The summed E-state index contributed by atoms with van der Waals surface area (Å²) in [6, 6.07) is 63.8. The van der Waals surface area contributed by atoms with Gasteiger partial charge in [-0.25, -0.2) is 9.97 Å². The predicted octanol–water partition coefficient (Wildman–Crippen LogP) is 13.0. The monoisotopic (exact) mass is 650 g/mol. The van der Waals surface area contributed by atoms with Crippen LogP contribution in [0.4, 0.5) is 0 Å². The molecule has 0 amide bonds. The fourth-order valence-corrected chi connectivity index (χ4v) is 7.33. The average molecular weight is 651 g/mol. The molecule has 3 nitrogen and oxygen atoms in total. The zero-order valence-corrected chi connectivity index (χ0v) is 27.6. The topological polar surface area (TPSA) is 38.9 Å². The number of hydrogen-bond acceptors (Lipinski definition) is 3. The Hall–Kier alpha value is -6.84. The number of hydrogen-bond donors (Lipinski definition) is 0. The van der Waals surface area contributed by atoms with Crippen LogP contribution in [0.25, 0.3) is 99.6 Å². The summed E-state index contributed by atoms with van der Waals surface area (Å²) in [6.07, 6.45) is 0. The fraction of sp³-hybridized carbons (Fsp3) is 0. The lowest BCUT2D eigenvalue weighted by atomic mass is 9.93. The van der Waals surface area contributed by atoms with Gasteiger partial charge >= 0.3 is 0 Å². The molecule has 0 aliphatic carbocycles. The first kappa shape index (κ1) is 29.1. The molecule has 0 saturated carbocycles. The Bertz CT molecular complexity index is 2880. The van der Waals surface area contributed by atoms with Crippen molar-refractivity contribution in [2.45, 2.75) is 0 Å². The standard InChI is InChI=1S/C48H30N2O/c1-4-12-32(13-5-1)40-29-43(34-16-8-3-9-17-34)49-47-38(40)25-26-39-41(33-14-6-2-7-15-33)30-44(50-48(39)47)35-22-20-31(21-23-35)36-24-27-46-42(28-36)37-18-10-11-19-45(37)51-46/h1-30H. The van der Waals surface area contributed by atoms with E-state index in [0.29, 0.717) is 0 Å². The largest absolute Gasteiger partial charge is 0.456 e. The van der Waals surface area contributed by atoms with E-state index in [1.54, 1.807) is 0 Å². The van der Waals surface area contributed by atoms with Crippen LogP contribution >= 0.6 is 0 Å². The highest BCUT2D eigenvalue weighted by atomic mass is 16.3. The maximum absolute atomic E-state index is 6.09. The van der Waals surface area contributed by atoms with E-state index in [1.807, 2.05) is 18.2 Å². The van der Waals surface area contributed by atoms with Gasteiger partial charge in [-0.15, -0.1) is 0 Å². The van der Waals surface area contributed by atoms with Gasteiger partial charge in [-0.3, -0.25) is 0 Å². The molecule has 0 aliphatic heterocycles. The molecule has 0 spiro atoms. The molecule has 3 aromatic heterocycles. The van der Waals surface area contributed by atoms with Gasteiger partial charge in [-0.1, -0.05) is 152 Å². The third-order valence-corrected chi connectivity index (χ3v) is 9.89. The molecular formula is C48H30N2O. The average Bonchev–Trinajstić information content (AvgIpc) is 3.59. The molecule has 3 heteroatoms. The van der Waals surface area contributed by atoms with Crippen molar-refractivity contribution in [1.29, 1.82) is 0 Å². The van der Waals surface area contributed by atoms with Gasteiger partial charge in [-0.2, -0.15) is 0 Å². The molecule has 0 aliphatic rings. The van der Waals surface area contributed by atoms with E-state index in [2.05, 4.69) is 164 Å². The minimum atomic E-state index is 0.889. The van der Waals surface area contributed by atoms with Crippen LogP contribution < -0.4 is 0 Å². The molecule has 0 bridgehead atoms. The van der Waals surface area contributed by atoms with Crippen LogP contribution in [-0.2, 0) is 0 Å². The quantitative estimate of drug-likeness (QED) is 0.174. The number of furan rings is 1. The lowest BCUT2D eigenvalue weighted by molar-refractivity contribution is 0.669. The number of nitrogens with zero attached hydrogens (tertiary/aromatic N) is 2. The SMILES string of the molecule is c1ccc(-c2cc(-c3ccccc3)c3ccc4c(-c5ccccc5)cc(-c5ccc(-c6ccc7oc8ccccc8c7c6)cc5)nc4c3n2)cc1. The van der Waals surface area contributed by atoms with Crippen LogP contribution in [0.5, 0.6) is 0 Å². The van der Waals surface area contributed by atoms with Crippen molar-refractivity contribution in [3.05, 3.63) is 182 Å². The summed E-state index contributed by atoms with van der Waals surface area (Å²) in [4.78, 5) is 10.8. The number of benzene rings is 7. The number of aromatic nitrogens is 2. The van der Waals surface area contributed by atoms with Crippen LogP contribution in [0.1, 0.15) is 0 Å². The molecule has 10 aromatic rings.